The van der Waals surface area contributed by atoms with Crippen molar-refractivity contribution in [3.63, 3.8) is 0 Å². The van der Waals surface area contributed by atoms with E-state index < -0.39 is 5.41 Å². The van der Waals surface area contributed by atoms with Crippen LogP contribution in [0, 0.1) is 0 Å². The molecule has 0 aromatic heterocycles. The molecule has 0 aliphatic heterocycles. The molecule has 0 saturated carbocycles. The van der Waals surface area contributed by atoms with Gasteiger partial charge in [0.25, 0.3) is 0 Å². The largest absolute Gasteiger partial charge is 0.325 e. The Morgan fingerprint density at radius 3 is 2.15 bits per heavy atom. The van der Waals surface area contributed by atoms with Crippen molar-refractivity contribution in [1.29, 1.82) is 0 Å². The molecule has 0 saturated heterocycles. The number of amides is 1. The molecule has 1 amide bonds. The second-order valence-electron chi connectivity index (χ2n) is 5.09. The van der Waals surface area contributed by atoms with Crippen LogP contribution in [0.2, 0.25) is 5.02 Å². The van der Waals surface area contributed by atoms with Gasteiger partial charge in [0, 0.05) is 15.2 Å². The molecule has 0 radical (unpaired) electrons. The van der Waals surface area contributed by atoms with Gasteiger partial charge in [0.1, 0.15) is 0 Å². The van der Waals surface area contributed by atoms with Crippen molar-refractivity contribution < 1.29 is 4.79 Å². The molecule has 0 aliphatic rings. The van der Waals surface area contributed by atoms with Crippen LogP contribution in [0.4, 0.5) is 5.69 Å². The average Bonchev–Trinajstić information content (AvgIpc) is 2.42. The fourth-order valence-electron chi connectivity index (χ4n) is 1.82. The lowest BCUT2D eigenvalue weighted by molar-refractivity contribution is -0.120. The van der Waals surface area contributed by atoms with Gasteiger partial charge in [-0.1, -0.05) is 39.7 Å². The third-order valence-electron chi connectivity index (χ3n) is 3.24. The molecule has 2 rings (SSSR count). The van der Waals surface area contributed by atoms with Crippen molar-refractivity contribution in [3.8, 4) is 0 Å². The van der Waals surface area contributed by atoms with Crippen molar-refractivity contribution >= 4 is 39.1 Å². The topological polar surface area (TPSA) is 29.1 Å². The maximum atomic E-state index is 12.4. The molecule has 20 heavy (non-hydrogen) atoms. The van der Waals surface area contributed by atoms with Gasteiger partial charge in [0.15, 0.2) is 0 Å². The minimum Gasteiger partial charge on any atom is -0.325 e. The van der Waals surface area contributed by atoms with Crippen molar-refractivity contribution in [2.45, 2.75) is 19.3 Å². The summed E-state index contributed by atoms with van der Waals surface area (Å²) < 4.78 is 0.979. The number of carbonyl (C=O) groups is 1. The van der Waals surface area contributed by atoms with Crippen LogP contribution < -0.4 is 5.32 Å². The Hall–Kier alpha value is -1.32. The van der Waals surface area contributed by atoms with Gasteiger partial charge >= 0.3 is 0 Å². The predicted molar refractivity (Wildman–Crippen MR) is 87.2 cm³/mol. The Labute approximate surface area is 132 Å². The average molecular weight is 353 g/mol. The van der Waals surface area contributed by atoms with Gasteiger partial charge < -0.3 is 5.32 Å². The maximum absolute atomic E-state index is 12.4. The van der Waals surface area contributed by atoms with E-state index in [-0.39, 0.29) is 5.91 Å². The monoisotopic (exact) mass is 351 g/mol. The number of hydrogen-bond donors (Lipinski definition) is 1. The van der Waals surface area contributed by atoms with E-state index >= 15 is 0 Å². The summed E-state index contributed by atoms with van der Waals surface area (Å²) in [5.41, 5.74) is 1.08. The first kappa shape index (κ1) is 15.1. The highest BCUT2D eigenvalue weighted by Gasteiger charge is 2.29. The first-order chi connectivity index (χ1) is 9.39. The Kier molecular flexibility index (Phi) is 4.51. The SMILES string of the molecule is CC(C)(C(=O)Nc1ccc(Br)cc1)c1ccc(Cl)cc1. The molecular weight excluding hydrogens is 338 g/mol. The summed E-state index contributed by atoms with van der Waals surface area (Å²) in [6, 6.07) is 14.9. The molecule has 2 aromatic carbocycles. The van der Waals surface area contributed by atoms with Crippen LogP contribution in [0.1, 0.15) is 19.4 Å². The summed E-state index contributed by atoms with van der Waals surface area (Å²) in [5.74, 6) is -0.0536. The zero-order valence-corrected chi connectivity index (χ0v) is 13.6. The van der Waals surface area contributed by atoms with E-state index in [2.05, 4.69) is 21.2 Å². The maximum Gasteiger partial charge on any atom is 0.234 e. The molecule has 0 unspecified atom stereocenters. The molecule has 0 fully saturated rings. The Morgan fingerprint density at radius 2 is 1.60 bits per heavy atom. The Balaban J connectivity index is 2.18. The molecule has 4 heteroatoms. The summed E-state index contributed by atoms with van der Waals surface area (Å²) in [6.45, 7) is 3.79. The molecule has 1 N–H and O–H groups in total. The summed E-state index contributed by atoms with van der Waals surface area (Å²) in [6.07, 6.45) is 0. The van der Waals surface area contributed by atoms with Gasteiger partial charge in [-0.3, -0.25) is 4.79 Å². The number of anilines is 1. The van der Waals surface area contributed by atoms with Gasteiger partial charge in [0.05, 0.1) is 5.41 Å². The quantitative estimate of drug-likeness (QED) is 0.825. The van der Waals surface area contributed by atoms with Crippen LogP contribution in [-0.4, -0.2) is 5.91 Å². The van der Waals surface area contributed by atoms with E-state index in [4.69, 9.17) is 11.6 Å². The smallest absolute Gasteiger partial charge is 0.234 e. The number of hydrogen-bond acceptors (Lipinski definition) is 1. The van der Waals surface area contributed by atoms with E-state index in [9.17, 15) is 4.79 Å². The second-order valence-corrected chi connectivity index (χ2v) is 6.45. The van der Waals surface area contributed by atoms with Crippen molar-refractivity contribution in [3.05, 3.63) is 63.6 Å². The second kappa shape index (κ2) is 5.98. The van der Waals surface area contributed by atoms with Crippen LogP contribution in [-0.2, 0) is 10.2 Å². The Bertz CT molecular complexity index is 605. The molecule has 0 bridgehead atoms. The van der Waals surface area contributed by atoms with Crippen LogP contribution in [0.3, 0.4) is 0 Å². The lowest BCUT2D eigenvalue weighted by Crippen LogP contribution is -2.34. The number of benzene rings is 2. The summed E-state index contributed by atoms with van der Waals surface area (Å²) in [5, 5.41) is 3.59. The van der Waals surface area contributed by atoms with Crippen LogP contribution >= 0.6 is 27.5 Å². The third kappa shape index (κ3) is 3.41. The molecule has 0 spiro atoms. The molecule has 0 heterocycles. The number of carbonyl (C=O) groups excluding carboxylic acids is 1. The summed E-state index contributed by atoms with van der Waals surface area (Å²) >= 11 is 9.25. The zero-order chi connectivity index (χ0) is 14.8. The first-order valence-electron chi connectivity index (χ1n) is 6.22. The molecule has 0 aliphatic carbocycles. The minimum atomic E-state index is -0.627. The number of nitrogens with one attached hydrogen (secondary N) is 1. The standard InChI is InChI=1S/C16H15BrClNO/c1-16(2,11-3-7-13(18)8-4-11)15(20)19-14-9-5-12(17)6-10-14/h3-10H,1-2H3,(H,19,20). The number of halogens is 2. The lowest BCUT2D eigenvalue weighted by Gasteiger charge is -2.24. The van der Waals surface area contributed by atoms with Gasteiger partial charge in [-0.05, 0) is 55.8 Å². The fraction of sp³-hybridized carbons (Fsp3) is 0.188. The van der Waals surface area contributed by atoms with Crippen LogP contribution in [0.5, 0.6) is 0 Å². The molecule has 2 nitrogen and oxygen atoms in total. The van der Waals surface area contributed by atoms with Gasteiger partial charge in [-0.25, -0.2) is 0 Å². The molecule has 2 aromatic rings. The van der Waals surface area contributed by atoms with E-state index in [0.717, 1.165) is 15.7 Å². The molecule has 104 valence electrons. The number of rotatable bonds is 3. The van der Waals surface area contributed by atoms with E-state index in [1.54, 1.807) is 12.1 Å². The summed E-state index contributed by atoms with van der Waals surface area (Å²) in [7, 11) is 0. The van der Waals surface area contributed by atoms with Crippen molar-refractivity contribution in [2.24, 2.45) is 0 Å². The van der Waals surface area contributed by atoms with Gasteiger partial charge in [-0.2, -0.15) is 0 Å². The fourth-order valence-corrected chi connectivity index (χ4v) is 2.21. The van der Waals surface area contributed by atoms with E-state index in [1.165, 1.54) is 0 Å². The van der Waals surface area contributed by atoms with Crippen molar-refractivity contribution in [1.82, 2.24) is 0 Å². The zero-order valence-electron chi connectivity index (χ0n) is 11.3. The first-order valence-corrected chi connectivity index (χ1v) is 7.40. The highest BCUT2D eigenvalue weighted by molar-refractivity contribution is 9.10. The highest BCUT2D eigenvalue weighted by Crippen LogP contribution is 2.26. The van der Waals surface area contributed by atoms with Crippen molar-refractivity contribution in [2.75, 3.05) is 5.32 Å². The van der Waals surface area contributed by atoms with E-state index in [0.29, 0.717) is 5.02 Å². The lowest BCUT2D eigenvalue weighted by atomic mass is 9.83. The highest BCUT2D eigenvalue weighted by atomic mass is 79.9. The van der Waals surface area contributed by atoms with Crippen LogP contribution in [0.15, 0.2) is 53.0 Å². The minimum absolute atomic E-state index is 0.0536. The normalized spacial score (nSPS) is 11.2. The van der Waals surface area contributed by atoms with Crippen LogP contribution in [0.25, 0.3) is 0 Å². The van der Waals surface area contributed by atoms with E-state index in [1.807, 2.05) is 50.2 Å². The van der Waals surface area contributed by atoms with Gasteiger partial charge in [0.2, 0.25) is 5.91 Å². The Morgan fingerprint density at radius 1 is 1.05 bits per heavy atom. The predicted octanol–water partition coefficient (Wildman–Crippen LogP) is 5.02. The molecule has 0 atom stereocenters. The third-order valence-corrected chi connectivity index (χ3v) is 4.02. The summed E-state index contributed by atoms with van der Waals surface area (Å²) in [4.78, 5) is 12.4. The molecular formula is C16H15BrClNO. The van der Waals surface area contributed by atoms with Gasteiger partial charge in [-0.15, -0.1) is 0 Å².